The van der Waals surface area contributed by atoms with E-state index in [1.807, 2.05) is 6.07 Å². The first kappa shape index (κ1) is 23.2. The molecule has 0 radical (unpaired) electrons. The first-order chi connectivity index (χ1) is 16.6. The highest BCUT2D eigenvalue weighted by molar-refractivity contribution is 7.89. The zero-order valence-electron chi connectivity index (χ0n) is 20.0. The van der Waals surface area contributed by atoms with E-state index in [1.54, 1.807) is 16.4 Å². The number of rotatable bonds is 7. The van der Waals surface area contributed by atoms with Gasteiger partial charge < -0.3 is 14.8 Å². The quantitative estimate of drug-likeness (QED) is 0.523. The van der Waals surface area contributed by atoms with Crippen LogP contribution in [0.3, 0.4) is 0 Å². The van der Waals surface area contributed by atoms with Crippen LogP contribution >= 0.6 is 0 Å². The van der Waals surface area contributed by atoms with Crippen LogP contribution in [0.4, 0.5) is 11.4 Å². The summed E-state index contributed by atoms with van der Waals surface area (Å²) in [5, 5.41) is 3.61. The number of hydrogen-bond acceptors (Lipinski definition) is 5. The second-order valence-corrected chi connectivity index (χ2v) is 11.2. The Morgan fingerprint density at radius 3 is 2.35 bits per heavy atom. The summed E-state index contributed by atoms with van der Waals surface area (Å²) in [6, 6.07) is 13.9. The van der Waals surface area contributed by atoms with Crippen molar-refractivity contribution in [2.45, 2.75) is 63.4 Å². The molecule has 1 N–H and O–H groups in total. The third-order valence-electron chi connectivity index (χ3n) is 7.11. The largest absolute Gasteiger partial charge is 0.376 e. The number of aromatic nitrogens is 2. The SMILES string of the molecule is CCn1c(CNc2ccccc2N2CCCCC2)nc2cc(S(=O)(=O)N3CCCCC3)ccc21. The van der Waals surface area contributed by atoms with E-state index in [-0.39, 0.29) is 0 Å². The van der Waals surface area contributed by atoms with Crippen molar-refractivity contribution in [2.75, 3.05) is 36.4 Å². The van der Waals surface area contributed by atoms with Crippen molar-refractivity contribution in [3.63, 3.8) is 0 Å². The summed E-state index contributed by atoms with van der Waals surface area (Å²) in [6.07, 6.45) is 6.75. The highest BCUT2D eigenvalue weighted by Crippen LogP contribution is 2.29. The van der Waals surface area contributed by atoms with E-state index < -0.39 is 10.0 Å². The molecule has 2 fully saturated rings. The number of nitrogens with zero attached hydrogens (tertiary/aromatic N) is 4. The van der Waals surface area contributed by atoms with Gasteiger partial charge >= 0.3 is 0 Å². The van der Waals surface area contributed by atoms with Crippen LogP contribution < -0.4 is 10.2 Å². The fourth-order valence-corrected chi connectivity index (χ4v) is 6.81. The standard InChI is InChI=1S/C26H35N5O2S/c1-2-31-25-14-13-21(34(32,33)30-17-9-4-10-18-30)19-23(25)28-26(31)20-27-22-11-5-6-12-24(22)29-15-7-3-8-16-29/h5-6,11-14,19,27H,2-4,7-10,15-18,20H2,1H3. The van der Waals surface area contributed by atoms with E-state index in [1.165, 1.54) is 24.9 Å². The maximum Gasteiger partial charge on any atom is 0.243 e. The van der Waals surface area contributed by atoms with E-state index >= 15 is 0 Å². The van der Waals surface area contributed by atoms with Gasteiger partial charge in [-0.15, -0.1) is 0 Å². The van der Waals surface area contributed by atoms with Gasteiger partial charge in [0.25, 0.3) is 0 Å². The molecule has 3 aromatic rings. The second kappa shape index (κ2) is 9.96. The molecule has 0 unspecified atom stereocenters. The summed E-state index contributed by atoms with van der Waals surface area (Å²) < 4.78 is 30.1. The van der Waals surface area contributed by atoms with Crippen molar-refractivity contribution in [2.24, 2.45) is 0 Å². The van der Waals surface area contributed by atoms with Crippen LogP contribution in [0.2, 0.25) is 0 Å². The maximum absolute atomic E-state index is 13.2. The predicted octanol–water partition coefficient (Wildman–Crippen LogP) is 4.83. The summed E-state index contributed by atoms with van der Waals surface area (Å²) in [4.78, 5) is 7.67. The summed E-state index contributed by atoms with van der Waals surface area (Å²) >= 11 is 0. The number of sulfonamides is 1. The molecule has 2 saturated heterocycles. The average Bonchev–Trinajstić information content (AvgIpc) is 3.25. The first-order valence-corrected chi connectivity index (χ1v) is 14.1. The van der Waals surface area contributed by atoms with Crippen molar-refractivity contribution in [3.05, 3.63) is 48.3 Å². The van der Waals surface area contributed by atoms with Crippen LogP contribution in [-0.4, -0.2) is 48.5 Å². The minimum absolute atomic E-state index is 0.345. The number of nitrogens with one attached hydrogen (secondary N) is 1. The Labute approximate surface area is 202 Å². The Bertz CT molecular complexity index is 1240. The van der Waals surface area contributed by atoms with Crippen molar-refractivity contribution in [1.29, 1.82) is 0 Å². The lowest BCUT2D eigenvalue weighted by Gasteiger charge is -2.30. The maximum atomic E-state index is 13.2. The number of aryl methyl sites for hydroxylation is 1. The van der Waals surface area contributed by atoms with Gasteiger partial charge in [-0.25, -0.2) is 13.4 Å². The monoisotopic (exact) mass is 481 g/mol. The summed E-state index contributed by atoms with van der Waals surface area (Å²) in [5.74, 6) is 0.915. The minimum atomic E-state index is -3.47. The van der Waals surface area contributed by atoms with Gasteiger partial charge in [-0.2, -0.15) is 4.31 Å². The van der Waals surface area contributed by atoms with Crippen LogP contribution in [0.5, 0.6) is 0 Å². The molecular formula is C26H35N5O2S. The molecule has 2 aliphatic heterocycles. The van der Waals surface area contributed by atoms with Crippen molar-refractivity contribution < 1.29 is 8.42 Å². The predicted molar refractivity (Wildman–Crippen MR) is 138 cm³/mol. The summed E-state index contributed by atoms with van der Waals surface area (Å²) in [7, 11) is -3.47. The molecule has 1 aromatic heterocycles. The van der Waals surface area contributed by atoms with Crippen molar-refractivity contribution in [3.8, 4) is 0 Å². The molecule has 8 heteroatoms. The molecule has 0 bridgehead atoms. The Balaban J connectivity index is 1.40. The second-order valence-electron chi connectivity index (χ2n) is 9.31. The number of imidazole rings is 1. The normalized spacial score (nSPS) is 17.9. The lowest BCUT2D eigenvalue weighted by molar-refractivity contribution is 0.346. The van der Waals surface area contributed by atoms with E-state index in [0.717, 1.165) is 61.4 Å². The van der Waals surface area contributed by atoms with E-state index in [4.69, 9.17) is 4.98 Å². The molecule has 7 nitrogen and oxygen atoms in total. The Kier molecular flexibility index (Phi) is 6.79. The van der Waals surface area contributed by atoms with Crippen LogP contribution in [0.25, 0.3) is 11.0 Å². The molecule has 0 atom stereocenters. The molecule has 0 amide bonds. The molecule has 0 spiro atoms. The average molecular weight is 482 g/mol. The van der Waals surface area contributed by atoms with Gasteiger partial charge in [-0.3, -0.25) is 0 Å². The fraction of sp³-hybridized carbons (Fsp3) is 0.500. The molecule has 182 valence electrons. The van der Waals surface area contributed by atoms with Gasteiger partial charge in [-0.05, 0) is 69.4 Å². The number of hydrogen-bond donors (Lipinski definition) is 1. The molecular weight excluding hydrogens is 446 g/mol. The molecule has 5 rings (SSSR count). The van der Waals surface area contributed by atoms with Crippen LogP contribution in [0, 0.1) is 0 Å². The van der Waals surface area contributed by atoms with Crippen LogP contribution in [0.1, 0.15) is 51.3 Å². The van der Waals surface area contributed by atoms with Gasteiger partial charge in [0.2, 0.25) is 10.0 Å². The van der Waals surface area contributed by atoms with E-state index in [9.17, 15) is 8.42 Å². The Hall–Kier alpha value is -2.58. The minimum Gasteiger partial charge on any atom is -0.376 e. The molecule has 2 aliphatic rings. The van der Waals surface area contributed by atoms with Gasteiger partial charge in [0.15, 0.2) is 0 Å². The van der Waals surface area contributed by atoms with Crippen molar-refractivity contribution >= 4 is 32.4 Å². The van der Waals surface area contributed by atoms with Gasteiger partial charge in [-0.1, -0.05) is 18.6 Å². The van der Waals surface area contributed by atoms with Gasteiger partial charge in [0.1, 0.15) is 5.82 Å². The molecule has 3 heterocycles. The number of fused-ring (bicyclic) bond motifs is 1. The van der Waals surface area contributed by atoms with E-state index in [2.05, 4.69) is 46.0 Å². The number of piperidine rings is 2. The molecule has 2 aromatic carbocycles. The zero-order chi connectivity index (χ0) is 23.5. The number of para-hydroxylation sites is 2. The van der Waals surface area contributed by atoms with Crippen LogP contribution in [-0.2, 0) is 23.1 Å². The fourth-order valence-electron chi connectivity index (χ4n) is 5.27. The lowest BCUT2D eigenvalue weighted by Crippen LogP contribution is -2.35. The van der Waals surface area contributed by atoms with Gasteiger partial charge in [0, 0.05) is 32.7 Å². The smallest absolute Gasteiger partial charge is 0.243 e. The third kappa shape index (κ3) is 4.53. The molecule has 34 heavy (non-hydrogen) atoms. The third-order valence-corrected chi connectivity index (χ3v) is 9.00. The summed E-state index contributed by atoms with van der Waals surface area (Å²) in [5.41, 5.74) is 4.08. The number of anilines is 2. The first-order valence-electron chi connectivity index (χ1n) is 12.6. The van der Waals surface area contributed by atoms with Crippen LogP contribution in [0.15, 0.2) is 47.4 Å². The highest BCUT2D eigenvalue weighted by atomic mass is 32.2. The molecule has 0 aliphatic carbocycles. The number of benzene rings is 2. The lowest BCUT2D eigenvalue weighted by atomic mass is 10.1. The Morgan fingerprint density at radius 1 is 0.912 bits per heavy atom. The zero-order valence-corrected chi connectivity index (χ0v) is 20.9. The van der Waals surface area contributed by atoms with E-state index in [0.29, 0.717) is 24.5 Å². The topological polar surface area (TPSA) is 70.5 Å². The van der Waals surface area contributed by atoms with Crippen molar-refractivity contribution in [1.82, 2.24) is 13.9 Å². The Morgan fingerprint density at radius 2 is 1.62 bits per heavy atom. The molecule has 0 saturated carbocycles. The summed E-state index contributed by atoms with van der Waals surface area (Å²) in [6.45, 7) is 6.87. The van der Waals surface area contributed by atoms with Gasteiger partial charge in [0.05, 0.1) is 33.8 Å². The highest BCUT2D eigenvalue weighted by Gasteiger charge is 2.26.